The lowest BCUT2D eigenvalue weighted by atomic mass is 10.1. The molecule has 0 N–H and O–H groups in total. The summed E-state index contributed by atoms with van der Waals surface area (Å²) in [5.41, 5.74) is 1.88. The van der Waals surface area contributed by atoms with E-state index in [-0.39, 0.29) is 10.8 Å². The first kappa shape index (κ1) is 11.4. The van der Waals surface area contributed by atoms with Crippen molar-refractivity contribution in [2.24, 2.45) is 0 Å². The van der Waals surface area contributed by atoms with Gasteiger partial charge in [0, 0.05) is 24.8 Å². The van der Waals surface area contributed by atoms with Crippen LogP contribution >= 0.6 is 23.2 Å². The summed E-state index contributed by atoms with van der Waals surface area (Å²) in [7, 11) is 0. The van der Waals surface area contributed by atoms with Crippen molar-refractivity contribution in [3.05, 3.63) is 60.2 Å². The normalized spacial score (nSPS) is 14.4. The Hall–Kier alpha value is -1.12. The van der Waals surface area contributed by atoms with Crippen LogP contribution < -0.4 is 0 Å². The Kier molecular flexibility index (Phi) is 3.75. The molecule has 2 rings (SSSR count). The van der Waals surface area contributed by atoms with Crippen molar-refractivity contribution in [3.63, 3.8) is 0 Å². The standard InChI is InChI=1S/C12H10Cl2N2/c13-11(9-3-6-15-7-4-9)12(14)10-2-1-5-16-8-10/h1-8,11-12H. The molecular formula is C12H10Cl2N2. The number of rotatable bonds is 3. The van der Waals surface area contributed by atoms with Gasteiger partial charge in [0.1, 0.15) is 0 Å². The zero-order chi connectivity index (χ0) is 11.4. The van der Waals surface area contributed by atoms with Crippen LogP contribution in [0.25, 0.3) is 0 Å². The third-order valence-corrected chi connectivity index (χ3v) is 3.42. The van der Waals surface area contributed by atoms with Crippen LogP contribution in [0.2, 0.25) is 0 Å². The number of hydrogen-bond donors (Lipinski definition) is 0. The van der Waals surface area contributed by atoms with Crippen LogP contribution in [0.1, 0.15) is 21.9 Å². The Bertz CT molecular complexity index is 390. The summed E-state index contributed by atoms with van der Waals surface area (Å²) < 4.78 is 0. The van der Waals surface area contributed by atoms with Crippen LogP contribution in [0, 0.1) is 0 Å². The van der Waals surface area contributed by atoms with Gasteiger partial charge in [-0.2, -0.15) is 0 Å². The molecule has 2 unspecified atom stereocenters. The fraction of sp³-hybridized carbons (Fsp3) is 0.167. The van der Waals surface area contributed by atoms with Gasteiger partial charge >= 0.3 is 0 Å². The summed E-state index contributed by atoms with van der Waals surface area (Å²) in [5, 5.41) is -0.577. The predicted molar refractivity (Wildman–Crippen MR) is 65.7 cm³/mol. The SMILES string of the molecule is ClC(c1ccncc1)C(Cl)c1cccnc1. The van der Waals surface area contributed by atoms with E-state index in [4.69, 9.17) is 23.2 Å². The third kappa shape index (κ3) is 2.52. The van der Waals surface area contributed by atoms with Crippen molar-refractivity contribution in [3.8, 4) is 0 Å². The van der Waals surface area contributed by atoms with E-state index >= 15 is 0 Å². The minimum absolute atomic E-state index is 0.283. The molecule has 0 aromatic carbocycles. The smallest absolute Gasteiger partial charge is 0.0804 e. The van der Waals surface area contributed by atoms with Crippen LogP contribution in [0.15, 0.2) is 49.1 Å². The molecule has 2 aromatic heterocycles. The lowest BCUT2D eigenvalue weighted by Crippen LogP contribution is -2.00. The van der Waals surface area contributed by atoms with Gasteiger partial charge in [0.05, 0.1) is 10.8 Å². The van der Waals surface area contributed by atoms with Gasteiger partial charge < -0.3 is 0 Å². The van der Waals surface area contributed by atoms with Crippen LogP contribution in [-0.4, -0.2) is 9.97 Å². The highest BCUT2D eigenvalue weighted by Crippen LogP contribution is 2.38. The van der Waals surface area contributed by atoms with Crippen molar-refractivity contribution in [1.82, 2.24) is 9.97 Å². The molecule has 0 aliphatic rings. The van der Waals surface area contributed by atoms with Crippen molar-refractivity contribution < 1.29 is 0 Å². The summed E-state index contributed by atoms with van der Waals surface area (Å²) in [6.45, 7) is 0. The lowest BCUT2D eigenvalue weighted by Gasteiger charge is -2.16. The van der Waals surface area contributed by atoms with Gasteiger partial charge in [-0.05, 0) is 29.3 Å². The van der Waals surface area contributed by atoms with Crippen molar-refractivity contribution in [2.75, 3.05) is 0 Å². The summed E-state index contributed by atoms with van der Waals surface area (Å²) in [6, 6.07) is 7.49. The Morgan fingerprint density at radius 3 is 2.12 bits per heavy atom. The van der Waals surface area contributed by atoms with E-state index in [1.165, 1.54) is 0 Å². The highest BCUT2D eigenvalue weighted by atomic mass is 35.5. The van der Waals surface area contributed by atoms with Crippen LogP contribution in [-0.2, 0) is 0 Å². The summed E-state index contributed by atoms with van der Waals surface area (Å²) in [4.78, 5) is 7.97. The predicted octanol–water partition coefficient (Wildman–Crippen LogP) is 3.74. The monoisotopic (exact) mass is 252 g/mol. The van der Waals surface area contributed by atoms with Gasteiger partial charge in [-0.15, -0.1) is 23.2 Å². The minimum atomic E-state index is -0.294. The molecule has 0 saturated heterocycles. The van der Waals surface area contributed by atoms with Crippen molar-refractivity contribution in [2.45, 2.75) is 10.8 Å². The molecule has 0 radical (unpaired) electrons. The van der Waals surface area contributed by atoms with E-state index < -0.39 is 0 Å². The van der Waals surface area contributed by atoms with Gasteiger partial charge in [-0.1, -0.05) is 6.07 Å². The first-order valence-electron chi connectivity index (χ1n) is 4.87. The summed E-state index contributed by atoms with van der Waals surface area (Å²) >= 11 is 12.6. The molecule has 0 aliphatic heterocycles. The molecular weight excluding hydrogens is 243 g/mol. The number of halogens is 2. The van der Waals surface area contributed by atoms with E-state index in [0.29, 0.717) is 0 Å². The second kappa shape index (κ2) is 5.28. The fourth-order valence-corrected chi connectivity index (χ4v) is 1.99. The second-order valence-electron chi connectivity index (χ2n) is 3.37. The average Bonchev–Trinajstić information content (AvgIpc) is 2.39. The van der Waals surface area contributed by atoms with E-state index in [1.807, 2.05) is 24.3 Å². The molecule has 0 bridgehead atoms. The molecule has 0 aliphatic carbocycles. The molecule has 0 spiro atoms. The first-order chi connectivity index (χ1) is 7.79. The molecule has 0 saturated carbocycles. The highest BCUT2D eigenvalue weighted by molar-refractivity contribution is 6.30. The van der Waals surface area contributed by atoms with Gasteiger partial charge in [-0.3, -0.25) is 9.97 Å². The van der Waals surface area contributed by atoms with Crippen molar-refractivity contribution in [1.29, 1.82) is 0 Å². The number of nitrogens with zero attached hydrogens (tertiary/aromatic N) is 2. The van der Waals surface area contributed by atoms with E-state index in [2.05, 4.69) is 9.97 Å². The van der Waals surface area contributed by atoms with E-state index in [0.717, 1.165) is 11.1 Å². The summed E-state index contributed by atoms with van der Waals surface area (Å²) in [6.07, 6.45) is 6.85. The molecule has 2 aromatic rings. The van der Waals surface area contributed by atoms with Gasteiger partial charge in [0.25, 0.3) is 0 Å². The zero-order valence-corrected chi connectivity index (χ0v) is 9.94. The Morgan fingerprint density at radius 2 is 1.50 bits per heavy atom. The number of pyridine rings is 2. The molecule has 82 valence electrons. The molecule has 2 nitrogen and oxygen atoms in total. The highest BCUT2D eigenvalue weighted by Gasteiger charge is 2.20. The fourth-order valence-electron chi connectivity index (χ4n) is 1.42. The Balaban J connectivity index is 2.20. The molecule has 16 heavy (non-hydrogen) atoms. The zero-order valence-electron chi connectivity index (χ0n) is 8.42. The largest absolute Gasteiger partial charge is 0.265 e. The maximum atomic E-state index is 6.30. The molecule has 2 heterocycles. The van der Waals surface area contributed by atoms with Crippen LogP contribution in [0.4, 0.5) is 0 Å². The van der Waals surface area contributed by atoms with Gasteiger partial charge in [0.15, 0.2) is 0 Å². The maximum Gasteiger partial charge on any atom is 0.0804 e. The molecule has 4 heteroatoms. The van der Waals surface area contributed by atoms with Crippen molar-refractivity contribution >= 4 is 23.2 Å². The van der Waals surface area contributed by atoms with Gasteiger partial charge in [0.2, 0.25) is 0 Å². The third-order valence-electron chi connectivity index (χ3n) is 2.28. The van der Waals surface area contributed by atoms with E-state index in [9.17, 15) is 0 Å². The molecule has 0 amide bonds. The number of alkyl halides is 2. The topological polar surface area (TPSA) is 25.8 Å². The second-order valence-corrected chi connectivity index (χ2v) is 4.31. The van der Waals surface area contributed by atoms with Crippen LogP contribution in [0.3, 0.4) is 0 Å². The quantitative estimate of drug-likeness (QED) is 0.779. The summed E-state index contributed by atoms with van der Waals surface area (Å²) in [5.74, 6) is 0. The average molecular weight is 253 g/mol. The Labute approximate surface area is 104 Å². The number of aromatic nitrogens is 2. The Morgan fingerprint density at radius 1 is 0.812 bits per heavy atom. The molecule has 2 atom stereocenters. The van der Waals surface area contributed by atoms with E-state index in [1.54, 1.807) is 24.8 Å². The number of hydrogen-bond acceptors (Lipinski definition) is 2. The minimum Gasteiger partial charge on any atom is -0.265 e. The first-order valence-corrected chi connectivity index (χ1v) is 5.74. The van der Waals surface area contributed by atoms with Crippen LogP contribution in [0.5, 0.6) is 0 Å². The van der Waals surface area contributed by atoms with Gasteiger partial charge in [-0.25, -0.2) is 0 Å². The lowest BCUT2D eigenvalue weighted by molar-refractivity contribution is 0.872. The molecule has 0 fully saturated rings. The maximum absolute atomic E-state index is 6.30.